The molecule has 0 aromatic heterocycles. The third-order valence-corrected chi connectivity index (χ3v) is 4.12. The molecule has 13 heavy (non-hydrogen) atoms. The molecular weight excluding hydrogens is 186 g/mol. The molecule has 0 bridgehead atoms. The van der Waals surface area contributed by atoms with Crippen LogP contribution in [0.15, 0.2) is 23.1 Å². The minimum atomic E-state index is -2.98. The molecule has 1 N–H and O–H groups in total. The summed E-state index contributed by atoms with van der Waals surface area (Å²) in [5.41, 5.74) is 1.79. The summed E-state index contributed by atoms with van der Waals surface area (Å²) in [6.07, 6.45) is 0.654. The van der Waals surface area contributed by atoms with Gasteiger partial charge in [0.25, 0.3) is 0 Å². The first-order valence-electron chi connectivity index (χ1n) is 4.17. The van der Waals surface area contributed by atoms with Crippen LogP contribution in [0, 0.1) is 0 Å². The molecule has 0 spiro atoms. The Balaban J connectivity index is 2.63. The molecule has 0 radical (unpaired) electrons. The van der Waals surface area contributed by atoms with Gasteiger partial charge >= 0.3 is 0 Å². The second kappa shape index (κ2) is 2.73. The molecule has 1 aromatic rings. The summed E-state index contributed by atoms with van der Waals surface area (Å²) < 4.78 is 23.0. The van der Waals surface area contributed by atoms with Crippen molar-refractivity contribution in [3.63, 3.8) is 0 Å². The third-order valence-electron chi connectivity index (χ3n) is 2.33. The maximum absolute atomic E-state index is 11.5. The van der Waals surface area contributed by atoms with Crippen molar-refractivity contribution in [1.29, 1.82) is 0 Å². The summed E-state index contributed by atoms with van der Waals surface area (Å²) in [5, 5.41) is 2.93. The first-order chi connectivity index (χ1) is 6.13. The lowest BCUT2D eigenvalue weighted by atomic mass is 10.1. The van der Waals surface area contributed by atoms with Crippen LogP contribution in [0.1, 0.15) is 5.56 Å². The Hall–Kier alpha value is -1.03. The summed E-state index contributed by atoms with van der Waals surface area (Å²) in [5.74, 6) is 0.259. The Kier molecular flexibility index (Phi) is 1.80. The lowest BCUT2D eigenvalue weighted by Gasteiger charge is -2.02. The van der Waals surface area contributed by atoms with Crippen molar-refractivity contribution in [2.24, 2.45) is 0 Å². The largest absolute Gasteiger partial charge is 0.388 e. The van der Waals surface area contributed by atoms with E-state index in [0.717, 1.165) is 11.3 Å². The third kappa shape index (κ3) is 1.31. The molecule has 3 nitrogen and oxygen atoms in total. The number of aryl methyl sites for hydroxylation is 1. The molecule has 0 unspecified atom stereocenters. The van der Waals surface area contributed by atoms with Crippen LogP contribution in [0.5, 0.6) is 0 Å². The van der Waals surface area contributed by atoms with Crippen molar-refractivity contribution in [2.45, 2.75) is 11.3 Å². The van der Waals surface area contributed by atoms with E-state index in [4.69, 9.17) is 0 Å². The Morgan fingerprint density at radius 3 is 2.85 bits per heavy atom. The highest BCUT2D eigenvalue weighted by Crippen LogP contribution is 2.28. The standard InChI is InChI=1S/C9H11NO2S/c1-10-8-3-2-7-4-5-13(11,12)9(7)6-8/h2-3,6,10H,4-5H2,1H3. The molecule has 1 aromatic carbocycles. The fraction of sp³-hybridized carbons (Fsp3) is 0.333. The van der Waals surface area contributed by atoms with Crippen molar-refractivity contribution in [3.05, 3.63) is 23.8 Å². The van der Waals surface area contributed by atoms with Gasteiger partial charge in [0.05, 0.1) is 10.6 Å². The second-order valence-corrected chi connectivity index (χ2v) is 5.22. The van der Waals surface area contributed by atoms with E-state index < -0.39 is 9.84 Å². The van der Waals surface area contributed by atoms with Gasteiger partial charge in [0.1, 0.15) is 0 Å². The Bertz CT molecular complexity index is 437. The molecule has 0 atom stereocenters. The maximum Gasteiger partial charge on any atom is 0.179 e. The number of benzene rings is 1. The summed E-state index contributed by atoms with van der Waals surface area (Å²) in [4.78, 5) is 0.499. The van der Waals surface area contributed by atoms with E-state index in [1.54, 1.807) is 13.1 Å². The van der Waals surface area contributed by atoms with E-state index >= 15 is 0 Å². The first-order valence-corrected chi connectivity index (χ1v) is 5.82. The smallest absolute Gasteiger partial charge is 0.179 e. The highest BCUT2D eigenvalue weighted by atomic mass is 32.2. The average Bonchev–Trinajstić information content (AvgIpc) is 2.42. The summed E-state index contributed by atoms with van der Waals surface area (Å²) >= 11 is 0. The van der Waals surface area contributed by atoms with Gasteiger partial charge in [-0.2, -0.15) is 0 Å². The normalized spacial score (nSPS) is 18.2. The SMILES string of the molecule is CNc1ccc2c(c1)S(=O)(=O)CC2. The topological polar surface area (TPSA) is 46.2 Å². The van der Waals surface area contributed by atoms with Crippen LogP contribution in [0.4, 0.5) is 5.69 Å². The Morgan fingerprint density at radius 2 is 2.15 bits per heavy atom. The van der Waals surface area contributed by atoms with Crippen molar-refractivity contribution in [3.8, 4) is 0 Å². The lowest BCUT2D eigenvalue weighted by Crippen LogP contribution is -1.99. The predicted molar refractivity (Wildman–Crippen MR) is 51.7 cm³/mol. The van der Waals surface area contributed by atoms with Gasteiger partial charge in [-0.15, -0.1) is 0 Å². The summed E-state index contributed by atoms with van der Waals surface area (Å²) in [6, 6.07) is 5.49. The molecule has 4 heteroatoms. The number of nitrogens with one attached hydrogen (secondary N) is 1. The molecule has 0 aliphatic carbocycles. The average molecular weight is 197 g/mol. The molecule has 0 fully saturated rings. The van der Waals surface area contributed by atoms with Crippen molar-refractivity contribution < 1.29 is 8.42 Å². The highest BCUT2D eigenvalue weighted by Gasteiger charge is 2.25. The van der Waals surface area contributed by atoms with Gasteiger partial charge in [0.15, 0.2) is 9.84 Å². The zero-order valence-electron chi connectivity index (χ0n) is 7.37. The number of sulfone groups is 1. The molecule has 0 amide bonds. The van der Waals surface area contributed by atoms with Crippen LogP contribution in [0.2, 0.25) is 0 Å². The van der Waals surface area contributed by atoms with Crippen LogP contribution >= 0.6 is 0 Å². The highest BCUT2D eigenvalue weighted by molar-refractivity contribution is 7.91. The van der Waals surface area contributed by atoms with Gasteiger partial charge in [0.2, 0.25) is 0 Å². The number of anilines is 1. The van der Waals surface area contributed by atoms with Gasteiger partial charge in [-0.05, 0) is 24.1 Å². The van der Waals surface area contributed by atoms with E-state index in [-0.39, 0.29) is 5.75 Å². The minimum absolute atomic E-state index is 0.259. The maximum atomic E-state index is 11.5. The van der Waals surface area contributed by atoms with Crippen LogP contribution in [0.25, 0.3) is 0 Å². The summed E-state index contributed by atoms with van der Waals surface area (Å²) in [7, 11) is -1.20. The molecule has 1 aliphatic heterocycles. The fourth-order valence-electron chi connectivity index (χ4n) is 1.56. The van der Waals surface area contributed by atoms with Crippen molar-refractivity contribution in [2.75, 3.05) is 18.1 Å². The van der Waals surface area contributed by atoms with Gasteiger partial charge in [0, 0.05) is 12.7 Å². The number of hydrogen-bond acceptors (Lipinski definition) is 3. The number of rotatable bonds is 1. The number of fused-ring (bicyclic) bond motifs is 1. The Morgan fingerprint density at radius 1 is 1.38 bits per heavy atom. The van der Waals surface area contributed by atoms with Crippen LogP contribution in [-0.4, -0.2) is 21.2 Å². The molecular formula is C9H11NO2S. The van der Waals surface area contributed by atoms with Crippen LogP contribution in [0.3, 0.4) is 0 Å². The molecule has 70 valence electrons. The van der Waals surface area contributed by atoms with E-state index in [2.05, 4.69) is 5.32 Å². The quantitative estimate of drug-likeness (QED) is 0.732. The van der Waals surface area contributed by atoms with Gasteiger partial charge in [-0.1, -0.05) is 6.07 Å². The summed E-state index contributed by atoms with van der Waals surface area (Å²) in [6.45, 7) is 0. The molecule has 0 saturated heterocycles. The second-order valence-electron chi connectivity index (χ2n) is 3.14. The zero-order valence-corrected chi connectivity index (χ0v) is 8.19. The van der Waals surface area contributed by atoms with E-state index in [0.29, 0.717) is 11.3 Å². The van der Waals surface area contributed by atoms with Crippen LogP contribution in [-0.2, 0) is 16.3 Å². The van der Waals surface area contributed by atoms with E-state index in [9.17, 15) is 8.42 Å². The van der Waals surface area contributed by atoms with E-state index in [1.165, 1.54) is 0 Å². The fourth-order valence-corrected chi connectivity index (χ4v) is 3.15. The van der Waals surface area contributed by atoms with Gasteiger partial charge in [-0.3, -0.25) is 0 Å². The Labute approximate surface area is 77.7 Å². The van der Waals surface area contributed by atoms with Gasteiger partial charge in [-0.25, -0.2) is 8.42 Å². The van der Waals surface area contributed by atoms with E-state index in [1.807, 2.05) is 12.1 Å². The lowest BCUT2D eigenvalue weighted by molar-refractivity contribution is 0.600. The van der Waals surface area contributed by atoms with Gasteiger partial charge < -0.3 is 5.32 Å². The number of hydrogen-bond donors (Lipinski definition) is 1. The molecule has 2 rings (SSSR count). The zero-order chi connectivity index (χ0) is 9.47. The molecule has 0 saturated carbocycles. The minimum Gasteiger partial charge on any atom is -0.388 e. The monoisotopic (exact) mass is 197 g/mol. The predicted octanol–water partition coefficient (Wildman–Crippen LogP) is 1.06. The molecule has 1 heterocycles. The van der Waals surface area contributed by atoms with Crippen LogP contribution < -0.4 is 5.32 Å². The molecule has 1 aliphatic rings. The van der Waals surface area contributed by atoms with Crippen molar-refractivity contribution in [1.82, 2.24) is 0 Å². The van der Waals surface area contributed by atoms with Crippen molar-refractivity contribution >= 4 is 15.5 Å². The first kappa shape index (κ1) is 8.56.